The fourth-order valence-electron chi connectivity index (χ4n) is 2.21. The lowest BCUT2D eigenvalue weighted by atomic mass is 9.99. The number of ether oxygens (including phenoxy) is 1. The summed E-state index contributed by atoms with van der Waals surface area (Å²) in [6.45, 7) is 2.84. The van der Waals surface area contributed by atoms with Crippen molar-refractivity contribution < 1.29 is 4.74 Å². The first-order valence-electron chi connectivity index (χ1n) is 7.00. The minimum atomic E-state index is 0.162. The molecule has 1 unspecified atom stereocenters. The van der Waals surface area contributed by atoms with Crippen LogP contribution in [0.1, 0.15) is 30.5 Å². The van der Waals surface area contributed by atoms with E-state index in [0.717, 1.165) is 27.7 Å². The van der Waals surface area contributed by atoms with Crippen LogP contribution < -0.4 is 10.1 Å². The van der Waals surface area contributed by atoms with Crippen molar-refractivity contribution in [1.29, 1.82) is 0 Å². The van der Waals surface area contributed by atoms with Gasteiger partial charge < -0.3 is 10.1 Å². The minimum absolute atomic E-state index is 0.162. The summed E-state index contributed by atoms with van der Waals surface area (Å²) < 4.78 is 7.78. The van der Waals surface area contributed by atoms with E-state index in [4.69, 9.17) is 4.74 Å². The van der Waals surface area contributed by atoms with Crippen molar-refractivity contribution >= 4 is 31.9 Å². The lowest BCUT2D eigenvalue weighted by Crippen LogP contribution is -2.17. The molecule has 0 spiro atoms. The third kappa shape index (κ3) is 4.31. The van der Waals surface area contributed by atoms with Gasteiger partial charge in [0, 0.05) is 4.47 Å². The summed E-state index contributed by atoms with van der Waals surface area (Å²) >= 11 is 7.07. The topological polar surface area (TPSA) is 21.3 Å². The van der Waals surface area contributed by atoms with Gasteiger partial charge in [0.1, 0.15) is 5.75 Å². The van der Waals surface area contributed by atoms with E-state index in [0.29, 0.717) is 0 Å². The lowest BCUT2D eigenvalue weighted by Gasteiger charge is -2.18. The van der Waals surface area contributed by atoms with Gasteiger partial charge in [0.15, 0.2) is 0 Å². The predicted molar refractivity (Wildman–Crippen MR) is 95.0 cm³/mol. The Labute approximate surface area is 143 Å². The van der Waals surface area contributed by atoms with E-state index in [1.165, 1.54) is 11.1 Å². The number of rotatable bonds is 6. The van der Waals surface area contributed by atoms with E-state index in [9.17, 15) is 0 Å². The molecule has 0 saturated heterocycles. The molecule has 0 fully saturated rings. The molecule has 0 saturated carbocycles. The van der Waals surface area contributed by atoms with E-state index < -0.39 is 0 Å². The average molecular weight is 413 g/mol. The maximum atomic E-state index is 5.70. The molecule has 0 radical (unpaired) electrons. The van der Waals surface area contributed by atoms with E-state index >= 15 is 0 Å². The highest BCUT2D eigenvalue weighted by Crippen LogP contribution is 2.31. The first kappa shape index (κ1) is 16.5. The SMILES string of the molecule is CCCOc1ccc(C(NC)c2ccc(Br)cc2)cc1Br. The first-order chi connectivity index (χ1) is 10.2. The molecule has 2 rings (SSSR count). The molecule has 0 heterocycles. The van der Waals surface area contributed by atoms with Crippen molar-refractivity contribution in [2.24, 2.45) is 0 Å². The van der Waals surface area contributed by atoms with Crippen LogP contribution in [-0.2, 0) is 0 Å². The van der Waals surface area contributed by atoms with Crippen LogP contribution in [0.4, 0.5) is 0 Å². The molecular formula is C17H19Br2NO. The Morgan fingerprint density at radius 1 is 1.05 bits per heavy atom. The first-order valence-corrected chi connectivity index (χ1v) is 8.59. The molecule has 0 amide bonds. The van der Waals surface area contributed by atoms with Crippen LogP contribution in [0.2, 0.25) is 0 Å². The maximum Gasteiger partial charge on any atom is 0.133 e. The highest BCUT2D eigenvalue weighted by molar-refractivity contribution is 9.10. The van der Waals surface area contributed by atoms with Gasteiger partial charge in [-0.05, 0) is 64.8 Å². The van der Waals surface area contributed by atoms with Gasteiger partial charge in [-0.3, -0.25) is 0 Å². The number of halogens is 2. The zero-order valence-electron chi connectivity index (χ0n) is 12.2. The third-order valence-electron chi connectivity index (χ3n) is 3.24. The lowest BCUT2D eigenvalue weighted by molar-refractivity contribution is 0.315. The molecule has 4 heteroatoms. The monoisotopic (exact) mass is 411 g/mol. The highest BCUT2D eigenvalue weighted by atomic mass is 79.9. The van der Waals surface area contributed by atoms with Crippen LogP contribution in [0.5, 0.6) is 5.75 Å². The second kappa shape index (κ2) is 7.97. The maximum absolute atomic E-state index is 5.70. The van der Waals surface area contributed by atoms with Gasteiger partial charge in [0.2, 0.25) is 0 Å². The Bertz CT molecular complexity index is 584. The standard InChI is InChI=1S/C17H19Br2NO/c1-3-10-21-16-9-6-13(11-15(16)19)17(20-2)12-4-7-14(18)8-5-12/h4-9,11,17,20H,3,10H2,1-2H3. The molecule has 1 N–H and O–H groups in total. The second-order valence-electron chi connectivity index (χ2n) is 4.81. The molecule has 0 aliphatic carbocycles. The van der Waals surface area contributed by atoms with Crippen LogP contribution in [0.3, 0.4) is 0 Å². The largest absolute Gasteiger partial charge is 0.492 e. The number of nitrogens with one attached hydrogen (secondary N) is 1. The van der Waals surface area contributed by atoms with Crippen molar-refractivity contribution in [2.75, 3.05) is 13.7 Å². The molecule has 0 bridgehead atoms. The molecule has 112 valence electrons. The molecule has 2 nitrogen and oxygen atoms in total. The Balaban J connectivity index is 2.26. The van der Waals surface area contributed by atoms with Gasteiger partial charge in [0.25, 0.3) is 0 Å². The van der Waals surface area contributed by atoms with E-state index in [1.54, 1.807) is 0 Å². The predicted octanol–water partition coefficient (Wildman–Crippen LogP) is 5.31. The molecule has 21 heavy (non-hydrogen) atoms. The highest BCUT2D eigenvalue weighted by Gasteiger charge is 2.13. The van der Waals surface area contributed by atoms with Gasteiger partial charge in [0.05, 0.1) is 17.1 Å². The van der Waals surface area contributed by atoms with Crippen molar-refractivity contribution in [3.8, 4) is 5.75 Å². The van der Waals surface area contributed by atoms with Crippen LogP contribution >= 0.6 is 31.9 Å². The van der Waals surface area contributed by atoms with Crippen LogP contribution in [0, 0.1) is 0 Å². The molecule has 2 aromatic carbocycles. The van der Waals surface area contributed by atoms with Gasteiger partial charge in [-0.25, -0.2) is 0 Å². The minimum Gasteiger partial charge on any atom is -0.492 e. The number of hydrogen-bond acceptors (Lipinski definition) is 2. The van der Waals surface area contributed by atoms with Crippen LogP contribution in [-0.4, -0.2) is 13.7 Å². The van der Waals surface area contributed by atoms with Crippen LogP contribution in [0.25, 0.3) is 0 Å². The zero-order chi connectivity index (χ0) is 15.2. The Morgan fingerprint density at radius 2 is 1.71 bits per heavy atom. The summed E-state index contributed by atoms with van der Waals surface area (Å²) in [5, 5.41) is 3.37. The molecule has 1 atom stereocenters. The molecule has 0 aliphatic rings. The summed E-state index contributed by atoms with van der Waals surface area (Å²) in [6, 6.07) is 14.8. The van der Waals surface area contributed by atoms with Gasteiger partial charge in [-0.2, -0.15) is 0 Å². The summed E-state index contributed by atoms with van der Waals surface area (Å²) in [6.07, 6.45) is 1.01. The Morgan fingerprint density at radius 3 is 2.29 bits per heavy atom. The van der Waals surface area contributed by atoms with Crippen LogP contribution in [0.15, 0.2) is 51.4 Å². The molecule has 0 aliphatic heterocycles. The molecular weight excluding hydrogens is 394 g/mol. The normalized spacial score (nSPS) is 12.2. The second-order valence-corrected chi connectivity index (χ2v) is 6.58. The zero-order valence-corrected chi connectivity index (χ0v) is 15.4. The van der Waals surface area contributed by atoms with Gasteiger partial charge in [-0.15, -0.1) is 0 Å². The van der Waals surface area contributed by atoms with E-state index in [1.807, 2.05) is 13.1 Å². The fraction of sp³-hybridized carbons (Fsp3) is 0.294. The average Bonchev–Trinajstić information content (AvgIpc) is 2.49. The van der Waals surface area contributed by atoms with Crippen molar-refractivity contribution in [3.63, 3.8) is 0 Å². The summed E-state index contributed by atoms with van der Waals surface area (Å²) in [4.78, 5) is 0. The smallest absolute Gasteiger partial charge is 0.133 e. The Kier molecular flexibility index (Phi) is 6.27. The number of hydrogen-bond donors (Lipinski definition) is 1. The van der Waals surface area contributed by atoms with Gasteiger partial charge >= 0.3 is 0 Å². The molecule has 2 aromatic rings. The Hall–Kier alpha value is -0.840. The fourth-order valence-corrected chi connectivity index (χ4v) is 2.98. The van der Waals surface area contributed by atoms with Crippen molar-refractivity contribution in [1.82, 2.24) is 5.32 Å². The van der Waals surface area contributed by atoms with E-state index in [2.05, 4.69) is 80.5 Å². The number of benzene rings is 2. The quantitative estimate of drug-likeness (QED) is 0.694. The molecule has 0 aromatic heterocycles. The summed E-state index contributed by atoms with van der Waals surface area (Å²) in [5.74, 6) is 0.895. The summed E-state index contributed by atoms with van der Waals surface area (Å²) in [7, 11) is 1.97. The summed E-state index contributed by atoms with van der Waals surface area (Å²) in [5.41, 5.74) is 2.44. The van der Waals surface area contributed by atoms with Crippen molar-refractivity contribution in [2.45, 2.75) is 19.4 Å². The third-order valence-corrected chi connectivity index (χ3v) is 4.39. The van der Waals surface area contributed by atoms with Crippen molar-refractivity contribution in [3.05, 3.63) is 62.5 Å². The van der Waals surface area contributed by atoms with E-state index in [-0.39, 0.29) is 6.04 Å². The van der Waals surface area contributed by atoms with Gasteiger partial charge in [-0.1, -0.05) is 41.1 Å².